The van der Waals surface area contributed by atoms with Crippen molar-refractivity contribution in [1.29, 1.82) is 0 Å². The molecule has 0 amide bonds. The van der Waals surface area contributed by atoms with Gasteiger partial charge in [0.25, 0.3) is 0 Å². The number of hydrogen-bond acceptors (Lipinski definition) is 3. The van der Waals surface area contributed by atoms with Crippen molar-refractivity contribution in [2.45, 2.75) is 12.4 Å². The summed E-state index contributed by atoms with van der Waals surface area (Å²) in [4.78, 5) is 4.34. The summed E-state index contributed by atoms with van der Waals surface area (Å²) in [7, 11) is -3.03. The van der Waals surface area contributed by atoms with E-state index in [0.29, 0.717) is 22.9 Å². The van der Waals surface area contributed by atoms with Gasteiger partial charge in [-0.2, -0.15) is 0 Å². The van der Waals surface area contributed by atoms with Gasteiger partial charge in [-0.3, -0.25) is 0 Å². The minimum Gasteiger partial charge on any atom is -0.326 e. The van der Waals surface area contributed by atoms with Crippen LogP contribution in [0.3, 0.4) is 0 Å². The molecule has 0 aliphatic carbocycles. The molecule has 0 aliphatic rings. The first kappa shape index (κ1) is 13.6. The van der Waals surface area contributed by atoms with Crippen LogP contribution in [0.25, 0.3) is 11.0 Å². The van der Waals surface area contributed by atoms with E-state index in [4.69, 9.17) is 23.2 Å². The highest BCUT2D eigenvalue weighted by Crippen LogP contribution is 2.24. The van der Waals surface area contributed by atoms with Crippen LogP contribution in [0.15, 0.2) is 18.2 Å². The fourth-order valence-corrected chi connectivity index (χ4v) is 2.70. The molecule has 0 N–H and O–H groups in total. The molecule has 0 saturated carbocycles. The van der Waals surface area contributed by atoms with Gasteiger partial charge in [0.2, 0.25) is 0 Å². The molecule has 98 valence electrons. The third-order valence-corrected chi connectivity index (χ3v) is 4.08. The smallest absolute Gasteiger partial charge is 0.149 e. The molecule has 0 saturated heterocycles. The topological polar surface area (TPSA) is 52.0 Å². The van der Waals surface area contributed by atoms with Gasteiger partial charge in [-0.05, 0) is 12.1 Å². The predicted octanol–water partition coefficient (Wildman–Crippen LogP) is 2.47. The van der Waals surface area contributed by atoms with Crippen molar-refractivity contribution in [1.82, 2.24) is 9.55 Å². The summed E-state index contributed by atoms with van der Waals surface area (Å²) in [5, 5.41) is 0.539. The Morgan fingerprint density at radius 1 is 1.39 bits per heavy atom. The van der Waals surface area contributed by atoms with Crippen LogP contribution in [0.5, 0.6) is 0 Å². The highest BCUT2D eigenvalue weighted by molar-refractivity contribution is 7.90. The molecule has 2 rings (SSSR count). The number of aromatic nitrogens is 2. The minimum absolute atomic E-state index is 0.0505. The molecule has 0 fully saturated rings. The Balaban J connectivity index is 2.51. The number of sulfone groups is 1. The van der Waals surface area contributed by atoms with Crippen LogP contribution in [-0.4, -0.2) is 30.0 Å². The maximum atomic E-state index is 11.2. The molecule has 0 unspecified atom stereocenters. The monoisotopic (exact) mass is 306 g/mol. The van der Waals surface area contributed by atoms with E-state index in [-0.39, 0.29) is 11.6 Å². The summed E-state index contributed by atoms with van der Waals surface area (Å²) in [6.07, 6.45) is 1.21. The Labute approximate surface area is 115 Å². The number of imidazole rings is 1. The molecule has 1 aromatic carbocycles. The van der Waals surface area contributed by atoms with Gasteiger partial charge in [-0.1, -0.05) is 17.7 Å². The molecule has 0 bridgehead atoms. The summed E-state index contributed by atoms with van der Waals surface area (Å²) in [5.41, 5.74) is 1.46. The lowest BCUT2D eigenvalue weighted by molar-refractivity contribution is 0.594. The largest absolute Gasteiger partial charge is 0.326 e. The molecule has 18 heavy (non-hydrogen) atoms. The molecule has 0 spiro atoms. The fraction of sp³-hybridized carbons (Fsp3) is 0.364. The van der Waals surface area contributed by atoms with Gasteiger partial charge in [-0.25, -0.2) is 13.4 Å². The Morgan fingerprint density at radius 3 is 2.72 bits per heavy atom. The van der Waals surface area contributed by atoms with Crippen LogP contribution in [0.4, 0.5) is 0 Å². The number of fused-ring (bicyclic) bond motifs is 1. The minimum atomic E-state index is -3.03. The summed E-state index contributed by atoms with van der Waals surface area (Å²) in [5.74, 6) is 0.896. The quantitative estimate of drug-likeness (QED) is 0.815. The van der Waals surface area contributed by atoms with Gasteiger partial charge < -0.3 is 4.57 Å². The molecular formula is C11H12Cl2N2O2S. The van der Waals surface area contributed by atoms with Crippen LogP contribution in [0.1, 0.15) is 5.82 Å². The maximum absolute atomic E-state index is 11.2. The van der Waals surface area contributed by atoms with Gasteiger partial charge in [0.15, 0.2) is 0 Å². The summed E-state index contributed by atoms with van der Waals surface area (Å²) in [6.45, 7) is 0.331. The van der Waals surface area contributed by atoms with E-state index < -0.39 is 9.84 Å². The number of halogens is 2. The standard InChI is InChI=1S/C11H12Cl2N2O2S/c1-18(16,17)6-5-15-9-4-2-3-8(13)11(9)14-10(15)7-12/h2-4H,5-7H2,1H3. The number of benzene rings is 1. The lowest BCUT2D eigenvalue weighted by Gasteiger charge is -2.06. The van der Waals surface area contributed by atoms with Crippen LogP contribution >= 0.6 is 23.2 Å². The van der Waals surface area contributed by atoms with Gasteiger partial charge in [0.1, 0.15) is 21.2 Å². The molecule has 0 radical (unpaired) electrons. The Hall–Kier alpha value is -0.780. The highest BCUT2D eigenvalue weighted by Gasteiger charge is 2.13. The normalized spacial score (nSPS) is 12.2. The Morgan fingerprint density at radius 2 is 2.11 bits per heavy atom. The number of rotatable bonds is 4. The molecule has 1 aromatic heterocycles. The molecule has 0 atom stereocenters. The molecule has 0 aliphatic heterocycles. The van der Waals surface area contributed by atoms with E-state index in [2.05, 4.69) is 4.98 Å². The third kappa shape index (κ3) is 2.79. The van der Waals surface area contributed by atoms with E-state index in [0.717, 1.165) is 5.52 Å². The van der Waals surface area contributed by atoms with Crippen LogP contribution in [0, 0.1) is 0 Å². The van der Waals surface area contributed by atoms with Crippen molar-refractivity contribution >= 4 is 44.1 Å². The van der Waals surface area contributed by atoms with E-state index in [9.17, 15) is 8.42 Å². The highest BCUT2D eigenvalue weighted by atomic mass is 35.5. The molecule has 2 aromatic rings. The van der Waals surface area contributed by atoms with E-state index in [1.165, 1.54) is 6.26 Å². The molecule has 4 nitrogen and oxygen atoms in total. The second kappa shape index (κ2) is 5.07. The zero-order chi connectivity index (χ0) is 13.3. The summed E-state index contributed by atoms with van der Waals surface area (Å²) in [6, 6.07) is 5.41. The van der Waals surface area contributed by atoms with E-state index in [1.807, 2.05) is 6.07 Å². The van der Waals surface area contributed by atoms with Crippen molar-refractivity contribution < 1.29 is 8.42 Å². The molecule has 1 heterocycles. The second-order valence-corrected chi connectivity index (χ2v) is 6.98. The number of alkyl halides is 1. The molecule has 7 heteroatoms. The summed E-state index contributed by atoms with van der Waals surface area (Å²) < 4.78 is 24.3. The van der Waals surface area contributed by atoms with Crippen LogP contribution in [-0.2, 0) is 22.3 Å². The molecular weight excluding hydrogens is 295 g/mol. The fourth-order valence-electron chi connectivity index (χ4n) is 1.77. The number of aryl methyl sites for hydroxylation is 1. The SMILES string of the molecule is CS(=O)(=O)CCn1c(CCl)nc2c(Cl)cccc21. The Kier molecular flexibility index (Phi) is 3.84. The van der Waals surface area contributed by atoms with Crippen LogP contribution in [0.2, 0.25) is 5.02 Å². The third-order valence-electron chi connectivity index (χ3n) is 2.61. The predicted molar refractivity (Wildman–Crippen MR) is 74.0 cm³/mol. The zero-order valence-corrected chi connectivity index (χ0v) is 12.1. The van der Waals surface area contributed by atoms with Gasteiger partial charge >= 0.3 is 0 Å². The first-order chi connectivity index (χ1) is 8.42. The average Bonchev–Trinajstić information content (AvgIpc) is 2.65. The number of para-hydroxylation sites is 1. The van der Waals surface area contributed by atoms with Gasteiger partial charge in [0, 0.05) is 12.8 Å². The Bertz CT molecular complexity index is 680. The number of hydrogen-bond donors (Lipinski definition) is 0. The lowest BCUT2D eigenvalue weighted by Crippen LogP contribution is -2.12. The van der Waals surface area contributed by atoms with Crippen molar-refractivity contribution in [2.75, 3.05) is 12.0 Å². The van der Waals surface area contributed by atoms with Crippen molar-refractivity contribution in [2.24, 2.45) is 0 Å². The first-order valence-corrected chi connectivity index (χ1v) is 8.27. The lowest BCUT2D eigenvalue weighted by atomic mass is 10.3. The van der Waals surface area contributed by atoms with Crippen molar-refractivity contribution in [3.63, 3.8) is 0 Å². The van der Waals surface area contributed by atoms with E-state index in [1.54, 1.807) is 16.7 Å². The second-order valence-electron chi connectivity index (χ2n) is 4.05. The maximum Gasteiger partial charge on any atom is 0.149 e. The summed E-state index contributed by atoms with van der Waals surface area (Å²) >= 11 is 11.9. The van der Waals surface area contributed by atoms with Crippen molar-refractivity contribution in [3.05, 3.63) is 29.0 Å². The van der Waals surface area contributed by atoms with Gasteiger partial charge in [0.05, 0.1) is 22.2 Å². The first-order valence-electron chi connectivity index (χ1n) is 5.29. The number of nitrogens with zero attached hydrogens (tertiary/aromatic N) is 2. The van der Waals surface area contributed by atoms with Crippen LogP contribution < -0.4 is 0 Å². The van der Waals surface area contributed by atoms with Gasteiger partial charge in [-0.15, -0.1) is 11.6 Å². The average molecular weight is 307 g/mol. The van der Waals surface area contributed by atoms with E-state index >= 15 is 0 Å². The zero-order valence-electron chi connectivity index (χ0n) is 9.73. The van der Waals surface area contributed by atoms with Crippen molar-refractivity contribution in [3.8, 4) is 0 Å².